The predicted octanol–water partition coefficient (Wildman–Crippen LogP) is 1.43. The van der Waals surface area contributed by atoms with Crippen LogP contribution in [0.5, 0.6) is 0 Å². The van der Waals surface area contributed by atoms with Crippen molar-refractivity contribution in [1.29, 1.82) is 0 Å². The number of piperazine rings is 1. The highest BCUT2D eigenvalue weighted by Gasteiger charge is 2.45. The molecular weight excluding hydrogens is 386 g/mol. The highest BCUT2D eigenvalue weighted by molar-refractivity contribution is 7.08. The normalized spacial score (nSPS) is 19.4. The van der Waals surface area contributed by atoms with Crippen molar-refractivity contribution >= 4 is 35.6 Å². The molecule has 0 aliphatic carbocycles. The first-order chi connectivity index (χ1) is 12.7. The molecule has 2 saturated heterocycles. The molecule has 4 heterocycles. The van der Waals surface area contributed by atoms with Crippen LogP contribution in [-0.2, 0) is 10.3 Å². The summed E-state index contributed by atoms with van der Waals surface area (Å²) in [7, 11) is 0. The summed E-state index contributed by atoms with van der Waals surface area (Å²) in [5.74, 6) is 0.187. The average Bonchev–Trinajstić information content (AvgIpc) is 3.41. The smallest absolute Gasteiger partial charge is 0.254 e. The van der Waals surface area contributed by atoms with Gasteiger partial charge in [-0.25, -0.2) is 0 Å². The van der Waals surface area contributed by atoms with E-state index in [1.807, 2.05) is 43.6 Å². The first-order valence-electron chi connectivity index (χ1n) is 9.02. The van der Waals surface area contributed by atoms with Gasteiger partial charge in [0.05, 0.1) is 5.56 Å². The molecule has 2 aromatic heterocycles. The molecule has 2 aliphatic rings. The van der Waals surface area contributed by atoms with E-state index < -0.39 is 5.54 Å². The van der Waals surface area contributed by atoms with Crippen LogP contribution in [0.2, 0.25) is 0 Å². The first-order valence-corrected chi connectivity index (χ1v) is 9.97. The van der Waals surface area contributed by atoms with Crippen LogP contribution in [0.25, 0.3) is 0 Å². The molecule has 2 fully saturated rings. The topological polar surface area (TPSA) is 70.5 Å². The molecule has 2 aromatic rings. The summed E-state index contributed by atoms with van der Waals surface area (Å²) in [5, 5.41) is 11.5. The zero-order chi connectivity index (χ0) is 18.0. The number of carbonyl (C=O) groups excluding carboxylic acids is 2. The third-order valence-corrected chi connectivity index (χ3v) is 6.08. The third-order valence-electron chi connectivity index (χ3n) is 5.39. The fraction of sp³-hybridized carbons (Fsp3) is 0.500. The van der Waals surface area contributed by atoms with Crippen molar-refractivity contribution in [1.82, 2.24) is 24.9 Å². The molecule has 4 rings (SSSR count). The number of nitrogens with one attached hydrogen (secondary N) is 1. The lowest BCUT2D eigenvalue weighted by atomic mass is 9.86. The molecule has 2 amide bonds. The van der Waals surface area contributed by atoms with E-state index in [1.54, 1.807) is 6.20 Å². The molecule has 0 radical (unpaired) electrons. The molecular formula is C18H24ClN5O2S. The molecule has 0 spiro atoms. The minimum atomic E-state index is -0.603. The Bertz CT molecular complexity index is 751. The average molecular weight is 410 g/mol. The van der Waals surface area contributed by atoms with Gasteiger partial charge in [-0.3, -0.25) is 14.3 Å². The van der Waals surface area contributed by atoms with Gasteiger partial charge in [0.15, 0.2) is 0 Å². The molecule has 7 nitrogen and oxygen atoms in total. The maximum absolute atomic E-state index is 13.4. The van der Waals surface area contributed by atoms with Crippen LogP contribution in [0.3, 0.4) is 0 Å². The first kappa shape index (κ1) is 19.9. The number of hydrogen-bond acceptors (Lipinski definition) is 5. The Labute approximate surface area is 168 Å². The number of amides is 2. The fourth-order valence-corrected chi connectivity index (χ4v) is 4.51. The van der Waals surface area contributed by atoms with Gasteiger partial charge >= 0.3 is 0 Å². The third kappa shape index (κ3) is 3.74. The monoisotopic (exact) mass is 409 g/mol. The minimum Gasteiger partial charge on any atom is -0.337 e. The Kier molecular flexibility index (Phi) is 6.18. The van der Waals surface area contributed by atoms with Crippen molar-refractivity contribution in [3.8, 4) is 0 Å². The number of carbonyl (C=O) groups is 2. The Morgan fingerprint density at radius 2 is 1.81 bits per heavy atom. The second-order valence-electron chi connectivity index (χ2n) is 6.83. The number of piperidine rings is 1. The van der Waals surface area contributed by atoms with Gasteiger partial charge in [-0.05, 0) is 43.4 Å². The maximum atomic E-state index is 13.4. The van der Waals surface area contributed by atoms with Crippen molar-refractivity contribution in [2.75, 3.05) is 39.3 Å². The zero-order valence-corrected chi connectivity index (χ0v) is 16.7. The van der Waals surface area contributed by atoms with Crippen LogP contribution >= 0.6 is 23.7 Å². The van der Waals surface area contributed by atoms with Crippen molar-refractivity contribution in [3.63, 3.8) is 0 Å². The van der Waals surface area contributed by atoms with Crippen molar-refractivity contribution in [2.45, 2.75) is 18.4 Å². The molecule has 146 valence electrons. The standard InChI is InChI=1S/C18H23N5O2S.ClH/c24-16(15-2-13-26-14-15)21-9-11-22(12-10-21)17(25)18(3-6-19-7-4-18)23-8-1-5-20-23;/h1-2,5,8,13-14,19H,3-4,6-7,9-12H2;1H. The van der Waals surface area contributed by atoms with Gasteiger partial charge in [0.2, 0.25) is 0 Å². The number of nitrogens with zero attached hydrogens (tertiary/aromatic N) is 4. The highest BCUT2D eigenvalue weighted by Crippen LogP contribution is 2.30. The molecule has 0 saturated carbocycles. The number of halogens is 1. The molecule has 0 bridgehead atoms. The van der Waals surface area contributed by atoms with Crippen molar-refractivity contribution in [3.05, 3.63) is 40.8 Å². The Morgan fingerprint density at radius 3 is 2.41 bits per heavy atom. The van der Waals surface area contributed by atoms with Crippen LogP contribution in [0, 0.1) is 0 Å². The van der Waals surface area contributed by atoms with E-state index in [1.165, 1.54) is 11.3 Å². The van der Waals surface area contributed by atoms with E-state index in [2.05, 4.69) is 10.4 Å². The Morgan fingerprint density at radius 1 is 1.11 bits per heavy atom. The second kappa shape index (κ2) is 8.41. The number of thiophene rings is 1. The van der Waals surface area contributed by atoms with E-state index in [4.69, 9.17) is 0 Å². The summed E-state index contributed by atoms with van der Waals surface area (Å²) in [6.07, 6.45) is 5.09. The summed E-state index contributed by atoms with van der Waals surface area (Å²) >= 11 is 1.53. The summed E-state index contributed by atoms with van der Waals surface area (Å²) in [6, 6.07) is 3.72. The quantitative estimate of drug-likeness (QED) is 0.832. The summed E-state index contributed by atoms with van der Waals surface area (Å²) in [4.78, 5) is 29.7. The lowest BCUT2D eigenvalue weighted by Crippen LogP contribution is -2.59. The number of hydrogen-bond donors (Lipinski definition) is 1. The van der Waals surface area contributed by atoms with Gasteiger partial charge in [0.1, 0.15) is 5.54 Å². The fourth-order valence-electron chi connectivity index (χ4n) is 3.88. The molecule has 0 atom stereocenters. The van der Waals surface area contributed by atoms with Crippen LogP contribution < -0.4 is 5.32 Å². The van der Waals surface area contributed by atoms with Crippen LogP contribution in [-0.4, -0.2) is 70.7 Å². The van der Waals surface area contributed by atoms with Gasteiger partial charge < -0.3 is 15.1 Å². The van der Waals surface area contributed by atoms with E-state index in [-0.39, 0.29) is 24.2 Å². The van der Waals surface area contributed by atoms with Gasteiger partial charge in [0, 0.05) is 44.0 Å². The SMILES string of the molecule is Cl.O=C(c1ccsc1)N1CCN(C(=O)C2(n3cccn3)CCNCC2)CC1. The van der Waals surface area contributed by atoms with Crippen LogP contribution in [0.1, 0.15) is 23.2 Å². The molecule has 0 aromatic carbocycles. The van der Waals surface area contributed by atoms with Crippen LogP contribution in [0.15, 0.2) is 35.3 Å². The Balaban J connectivity index is 0.00000210. The number of rotatable bonds is 3. The van der Waals surface area contributed by atoms with E-state index in [0.29, 0.717) is 26.2 Å². The van der Waals surface area contributed by atoms with Crippen molar-refractivity contribution < 1.29 is 9.59 Å². The summed E-state index contributed by atoms with van der Waals surface area (Å²) < 4.78 is 1.83. The minimum absolute atomic E-state index is 0. The van der Waals surface area contributed by atoms with Crippen molar-refractivity contribution in [2.24, 2.45) is 0 Å². The van der Waals surface area contributed by atoms with E-state index in [9.17, 15) is 9.59 Å². The highest BCUT2D eigenvalue weighted by atomic mass is 35.5. The van der Waals surface area contributed by atoms with Gasteiger partial charge in [0.25, 0.3) is 11.8 Å². The van der Waals surface area contributed by atoms with Gasteiger partial charge in [-0.15, -0.1) is 12.4 Å². The second-order valence-corrected chi connectivity index (χ2v) is 7.61. The molecule has 27 heavy (non-hydrogen) atoms. The lowest BCUT2D eigenvalue weighted by Gasteiger charge is -2.43. The molecule has 0 unspecified atom stereocenters. The Hall–Kier alpha value is -1.90. The zero-order valence-electron chi connectivity index (χ0n) is 15.0. The molecule has 2 aliphatic heterocycles. The maximum Gasteiger partial charge on any atom is 0.254 e. The predicted molar refractivity (Wildman–Crippen MR) is 106 cm³/mol. The summed E-state index contributed by atoms with van der Waals surface area (Å²) in [6.45, 7) is 3.92. The summed E-state index contributed by atoms with van der Waals surface area (Å²) in [5.41, 5.74) is 0.134. The molecule has 9 heteroatoms. The van der Waals surface area contributed by atoms with Gasteiger partial charge in [-0.1, -0.05) is 0 Å². The van der Waals surface area contributed by atoms with E-state index in [0.717, 1.165) is 31.5 Å². The van der Waals surface area contributed by atoms with Crippen LogP contribution in [0.4, 0.5) is 0 Å². The van der Waals surface area contributed by atoms with Gasteiger partial charge in [-0.2, -0.15) is 16.4 Å². The molecule has 1 N–H and O–H groups in total. The lowest BCUT2D eigenvalue weighted by molar-refractivity contribution is -0.144. The largest absolute Gasteiger partial charge is 0.337 e. The number of aromatic nitrogens is 2. The van der Waals surface area contributed by atoms with E-state index >= 15 is 0 Å².